The summed E-state index contributed by atoms with van der Waals surface area (Å²) < 4.78 is 22.7. The van der Waals surface area contributed by atoms with E-state index >= 15 is 0 Å². The van der Waals surface area contributed by atoms with E-state index in [2.05, 4.69) is 4.98 Å². The van der Waals surface area contributed by atoms with Crippen LogP contribution in [0, 0.1) is 0 Å². The van der Waals surface area contributed by atoms with Gasteiger partial charge in [-0.3, -0.25) is 0 Å². The van der Waals surface area contributed by atoms with Crippen molar-refractivity contribution in [2.24, 2.45) is 5.14 Å². The van der Waals surface area contributed by atoms with Crippen LogP contribution in [0.4, 0.5) is 5.69 Å². The van der Waals surface area contributed by atoms with Crippen molar-refractivity contribution in [1.29, 1.82) is 0 Å². The fourth-order valence-corrected chi connectivity index (χ4v) is 3.09. The number of halogens is 1. The summed E-state index contributed by atoms with van der Waals surface area (Å²) in [7, 11) is -3.83. The molecule has 8 heteroatoms. The van der Waals surface area contributed by atoms with Gasteiger partial charge in [0, 0.05) is 11.1 Å². The van der Waals surface area contributed by atoms with Gasteiger partial charge in [0.15, 0.2) is 0 Å². The number of hydrogen-bond donors (Lipinski definition) is 2. The third kappa shape index (κ3) is 3.38. The fourth-order valence-electron chi connectivity index (χ4n) is 1.40. The Morgan fingerprint density at radius 3 is 2.53 bits per heavy atom. The highest BCUT2D eigenvalue weighted by atomic mass is 35.5. The van der Waals surface area contributed by atoms with Crippen LogP contribution in [0.1, 0.15) is 0 Å². The number of anilines is 1. The van der Waals surface area contributed by atoms with Gasteiger partial charge in [-0.15, -0.1) is 0 Å². The highest BCUT2D eigenvalue weighted by Crippen LogP contribution is 2.34. The van der Waals surface area contributed by atoms with Crippen LogP contribution in [-0.4, -0.2) is 13.4 Å². The summed E-state index contributed by atoms with van der Waals surface area (Å²) in [6.45, 7) is 0. The highest BCUT2D eigenvalue weighted by molar-refractivity contribution is 7.99. The van der Waals surface area contributed by atoms with Crippen molar-refractivity contribution in [3.63, 3.8) is 0 Å². The maximum absolute atomic E-state index is 11.4. The molecule has 1 heterocycles. The van der Waals surface area contributed by atoms with Gasteiger partial charge in [0.2, 0.25) is 10.0 Å². The predicted octanol–water partition coefficient (Wildman–Crippen LogP) is 2.12. The molecule has 0 saturated carbocycles. The van der Waals surface area contributed by atoms with Gasteiger partial charge in [0.05, 0.1) is 10.7 Å². The monoisotopic (exact) mass is 315 g/mol. The van der Waals surface area contributed by atoms with E-state index in [1.54, 1.807) is 24.3 Å². The number of nitrogens with zero attached hydrogens (tertiary/aromatic N) is 1. The van der Waals surface area contributed by atoms with Gasteiger partial charge in [-0.2, -0.15) is 0 Å². The minimum absolute atomic E-state index is 0.0912. The zero-order valence-electron chi connectivity index (χ0n) is 9.58. The first-order valence-electron chi connectivity index (χ1n) is 5.08. The average Bonchev–Trinajstić information content (AvgIpc) is 2.33. The number of aromatic nitrogens is 1. The number of benzene rings is 1. The summed E-state index contributed by atoms with van der Waals surface area (Å²) in [5.41, 5.74) is 5.93. The van der Waals surface area contributed by atoms with E-state index in [4.69, 9.17) is 22.5 Å². The first-order chi connectivity index (χ1) is 8.88. The molecule has 0 aliphatic heterocycles. The second kappa shape index (κ2) is 5.38. The second-order valence-electron chi connectivity index (χ2n) is 3.63. The van der Waals surface area contributed by atoms with Crippen molar-refractivity contribution in [1.82, 2.24) is 4.98 Å². The number of rotatable bonds is 3. The summed E-state index contributed by atoms with van der Waals surface area (Å²) in [6.07, 6.45) is 1.50. The molecule has 1 aromatic heterocycles. The normalized spacial score (nSPS) is 11.5. The lowest BCUT2D eigenvalue weighted by molar-refractivity contribution is 0.598. The number of para-hydroxylation sites is 1. The topological polar surface area (TPSA) is 99.1 Å². The molecule has 2 rings (SSSR count). The lowest BCUT2D eigenvalue weighted by atomic mass is 10.3. The van der Waals surface area contributed by atoms with Gasteiger partial charge in [-0.05, 0) is 24.3 Å². The molecular formula is C11H10ClN3O2S2. The smallest absolute Gasteiger partial charge is 0.240 e. The van der Waals surface area contributed by atoms with Gasteiger partial charge >= 0.3 is 0 Å². The molecule has 0 amide bonds. The van der Waals surface area contributed by atoms with Gasteiger partial charge in [0.1, 0.15) is 9.92 Å². The van der Waals surface area contributed by atoms with Crippen LogP contribution >= 0.6 is 23.4 Å². The third-order valence-electron chi connectivity index (χ3n) is 2.25. The molecule has 5 nitrogen and oxygen atoms in total. The van der Waals surface area contributed by atoms with Crippen LogP contribution in [0.25, 0.3) is 0 Å². The molecule has 0 unspecified atom stereocenters. The number of nitrogen functional groups attached to an aromatic ring is 1. The zero-order chi connectivity index (χ0) is 14.0. The fraction of sp³-hybridized carbons (Fsp3) is 0. The molecule has 0 aliphatic carbocycles. The van der Waals surface area contributed by atoms with Crippen LogP contribution in [0.15, 0.2) is 51.3 Å². The predicted molar refractivity (Wildman–Crippen MR) is 75.6 cm³/mol. The summed E-state index contributed by atoms with van der Waals surface area (Å²) in [5, 5.41) is 6.27. The van der Waals surface area contributed by atoms with E-state index in [9.17, 15) is 8.42 Å². The van der Waals surface area contributed by atoms with E-state index in [0.717, 1.165) is 0 Å². The third-order valence-corrected chi connectivity index (χ3v) is 4.47. The van der Waals surface area contributed by atoms with Crippen LogP contribution in [-0.2, 0) is 10.0 Å². The number of sulfonamides is 1. The lowest BCUT2D eigenvalue weighted by Crippen LogP contribution is -2.14. The van der Waals surface area contributed by atoms with Crippen LogP contribution < -0.4 is 10.9 Å². The SMILES string of the molecule is Nc1c(Sc2ccc(Cl)cn2)cccc1S(N)(=O)=O. The highest BCUT2D eigenvalue weighted by Gasteiger charge is 2.15. The summed E-state index contributed by atoms with van der Waals surface area (Å²) in [6, 6.07) is 8.05. The molecule has 0 radical (unpaired) electrons. The first kappa shape index (κ1) is 14.1. The Morgan fingerprint density at radius 1 is 1.21 bits per heavy atom. The second-order valence-corrected chi connectivity index (χ2v) is 6.66. The van der Waals surface area contributed by atoms with Gasteiger partial charge in [-0.25, -0.2) is 18.5 Å². The van der Waals surface area contributed by atoms with E-state index in [1.807, 2.05) is 0 Å². The van der Waals surface area contributed by atoms with Crippen molar-refractivity contribution in [2.45, 2.75) is 14.8 Å². The molecule has 0 spiro atoms. The van der Waals surface area contributed by atoms with Crippen molar-refractivity contribution < 1.29 is 8.42 Å². The minimum atomic E-state index is -3.83. The van der Waals surface area contributed by atoms with Gasteiger partial charge < -0.3 is 5.73 Å². The quantitative estimate of drug-likeness (QED) is 0.845. The Hall–Kier alpha value is -1.28. The largest absolute Gasteiger partial charge is 0.397 e. The maximum Gasteiger partial charge on any atom is 0.240 e. The number of pyridine rings is 1. The minimum Gasteiger partial charge on any atom is -0.397 e. The standard InChI is InChI=1S/C11H10ClN3O2S2/c12-7-4-5-10(15-6-7)18-8-2-1-3-9(11(8)13)19(14,16)17/h1-6H,13H2,(H2,14,16,17). The molecule has 0 bridgehead atoms. The Labute approximate surface area is 120 Å². The summed E-state index contributed by atoms with van der Waals surface area (Å²) >= 11 is 6.98. The molecular weight excluding hydrogens is 306 g/mol. The lowest BCUT2D eigenvalue weighted by Gasteiger charge is -2.08. The Balaban J connectivity index is 2.39. The van der Waals surface area contributed by atoms with Crippen molar-refractivity contribution in [3.8, 4) is 0 Å². The zero-order valence-corrected chi connectivity index (χ0v) is 12.0. The summed E-state index contributed by atoms with van der Waals surface area (Å²) in [5.74, 6) is 0. The van der Waals surface area contributed by atoms with Crippen LogP contribution in [0.5, 0.6) is 0 Å². The van der Waals surface area contributed by atoms with E-state index in [0.29, 0.717) is 14.9 Å². The van der Waals surface area contributed by atoms with E-state index < -0.39 is 10.0 Å². The van der Waals surface area contributed by atoms with E-state index in [1.165, 1.54) is 24.0 Å². The molecule has 100 valence electrons. The Morgan fingerprint density at radius 2 is 1.95 bits per heavy atom. The molecule has 0 atom stereocenters. The number of hydrogen-bond acceptors (Lipinski definition) is 5. The van der Waals surface area contributed by atoms with Crippen LogP contribution in [0.2, 0.25) is 5.02 Å². The average molecular weight is 316 g/mol. The van der Waals surface area contributed by atoms with Crippen molar-refractivity contribution >= 4 is 39.1 Å². The number of nitrogens with two attached hydrogens (primary N) is 2. The van der Waals surface area contributed by atoms with Crippen LogP contribution in [0.3, 0.4) is 0 Å². The summed E-state index contributed by atoms with van der Waals surface area (Å²) in [4.78, 5) is 4.58. The maximum atomic E-state index is 11.4. The van der Waals surface area contributed by atoms with Crippen molar-refractivity contribution in [2.75, 3.05) is 5.73 Å². The van der Waals surface area contributed by atoms with E-state index in [-0.39, 0.29) is 10.6 Å². The van der Waals surface area contributed by atoms with Gasteiger partial charge in [0.25, 0.3) is 0 Å². The molecule has 4 N–H and O–H groups in total. The number of primary sulfonamides is 1. The molecule has 0 fully saturated rings. The van der Waals surface area contributed by atoms with Crippen molar-refractivity contribution in [3.05, 3.63) is 41.6 Å². The van der Waals surface area contributed by atoms with Gasteiger partial charge in [-0.1, -0.05) is 29.4 Å². The molecule has 19 heavy (non-hydrogen) atoms. The Kier molecular flexibility index (Phi) is 4.00. The molecule has 0 aliphatic rings. The molecule has 0 saturated heterocycles. The first-order valence-corrected chi connectivity index (χ1v) is 7.83. The molecule has 2 aromatic rings. The molecule has 1 aromatic carbocycles. The Bertz CT molecular complexity index is 702.